The van der Waals surface area contributed by atoms with Gasteiger partial charge in [-0.2, -0.15) is 0 Å². The number of nitrogens with zero attached hydrogens (tertiary/aromatic N) is 1. The van der Waals surface area contributed by atoms with Crippen molar-refractivity contribution in [1.29, 1.82) is 0 Å². The number of ether oxygens (including phenoxy) is 1. The molecule has 1 heterocycles. The lowest BCUT2D eigenvalue weighted by molar-refractivity contribution is -0.144. The molecule has 1 unspecified atom stereocenters. The zero-order valence-corrected chi connectivity index (χ0v) is 7.96. The fraction of sp³-hybridized carbons (Fsp3) is 0.333. The SMILES string of the molecule is COC(=O)C1(N)C=NC=C(Br)N1. The summed E-state index contributed by atoms with van der Waals surface area (Å²) in [7, 11) is 1.26. The number of nitrogens with two attached hydrogens (primary N) is 1. The number of nitrogens with one attached hydrogen (secondary N) is 1. The number of carbonyl (C=O) groups is 1. The van der Waals surface area contributed by atoms with Gasteiger partial charge in [0, 0.05) is 0 Å². The minimum Gasteiger partial charge on any atom is -0.466 e. The molecule has 12 heavy (non-hydrogen) atoms. The van der Waals surface area contributed by atoms with Crippen LogP contribution in [-0.4, -0.2) is 25.0 Å². The van der Waals surface area contributed by atoms with Crippen LogP contribution in [0.3, 0.4) is 0 Å². The van der Waals surface area contributed by atoms with Gasteiger partial charge in [0.1, 0.15) is 0 Å². The third kappa shape index (κ3) is 1.64. The van der Waals surface area contributed by atoms with E-state index in [-0.39, 0.29) is 0 Å². The van der Waals surface area contributed by atoms with E-state index in [0.717, 1.165) is 0 Å². The molecule has 66 valence electrons. The van der Waals surface area contributed by atoms with E-state index in [0.29, 0.717) is 4.61 Å². The molecule has 5 nitrogen and oxygen atoms in total. The maximum atomic E-state index is 11.1. The smallest absolute Gasteiger partial charge is 0.352 e. The van der Waals surface area contributed by atoms with Crippen LogP contribution in [0.15, 0.2) is 15.8 Å². The number of methoxy groups -OCH3 is 1. The van der Waals surface area contributed by atoms with E-state index in [2.05, 4.69) is 31.0 Å². The third-order valence-electron chi connectivity index (χ3n) is 1.32. The van der Waals surface area contributed by atoms with E-state index in [1.807, 2.05) is 0 Å². The Balaban J connectivity index is 2.82. The van der Waals surface area contributed by atoms with Crippen molar-refractivity contribution in [2.75, 3.05) is 7.11 Å². The lowest BCUT2D eigenvalue weighted by Crippen LogP contribution is -2.61. The normalized spacial score (nSPS) is 27.4. The summed E-state index contributed by atoms with van der Waals surface area (Å²) >= 11 is 3.11. The number of hydrogen-bond acceptors (Lipinski definition) is 5. The van der Waals surface area contributed by atoms with Crippen molar-refractivity contribution in [2.24, 2.45) is 10.7 Å². The van der Waals surface area contributed by atoms with Crippen molar-refractivity contribution >= 4 is 28.1 Å². The minimum absolute atomic E-state index is 0.540. The largest absolute Gasteiger partial charge is 0.466 e. The van der Waals surface area contributed by atoms with Crippen LogP contribution in [0.1, 0.15) is 0 Å². The summed E-state index contributed by atoms with van der Waals surface area (Å²) in [6.07, 6.45) is 2.78. The Morgan fingerprint density at radius 2 is 2.58 bits per heavy atom. The summed E-state index contributed by atoms with van der Waals surface area (Å²) in [6, 6.07) is 0. The highest BCUT2D eigenvalue weighted by Crippen LogP contribution is 2.10. The van der Waals surface area contributed by atoms with Gasteiger partial charge >= 0.3 is 5.97 Å². The molecule has 0 amide bonds. The molecule has 0 aromatic carbocycles. The molecule has 1 aliphatic heterocycles. The minimum atomic E-state index is -1.36. The van der Waals surface area contributed by atoms with E-state index in [9.17, 15) is 4.79 Å². The summed E-state index contributed by atoms with van der Waals surface area (Å²) in [6.45, 7) is 0. The van der Waals surface area contributed by atoms with Gasteiger partial charge in [-0.1, -0.05) is 0 Å². The molecule has 0 radical (unpaired) electrons. The summed E-state index contributed by atoms with van der Waals surface area (Å²) < 4.78 is 5.02. The van der Waals surface area contributed by atoms with Crippen LogP contribution in [0.25, 0.3) is 0 Å². The number of rotatable bonds is 1. The average molecular weight is 234 g/mol. The van der Waals surface area contributed by atoms with Gasteiger partial charge in [0.15, 0.2) is 0 Å². The summed E-state index contributed by atoms with van der Waals surface area (Å²) in [4.78, 5) is 14.8. The first-order valence-electron chi connectivity index (χ1n) is 3.14. The molecule has 6 heteroatoms. The molecule has 0 bridgehead atoms. The first-order chi connectivity index (χ1) is 5.58. The second kappa shape index (κ2) is 3.24. The second-order valence-corrected chi connectivity index (χ2v) is 3.10. The fourth-order valence-corrected chi connectivity index (χ4v) is 1.20. The number of aliphatic imine (C=N–C) groups is 1. The molecule has 1 atom stereocenters. The Labute approximate surface area is 77.8 Å². The van der Waals surface area contributed by atoms with Crippen molar-refractivity contribution in [3.63, 3.8) is 0 Å². The van der Waals surface area contributed by atoms with Gasteiger partial charge < -0.3 is 10.1 Å². The van der Waals surface area contributed by atoms with Gasteiger partial charge in [-0.15, -0.1) is 0 Å². The Kier molecular flexibility index (Phi) is 2.49. The maximum absolute atomic E-state index is 11.1. The molecule has 0 aromatic rings. The predicted octanol–water partition coefficient (Wildman–Crippen LogP) is -0.318. The summed E-state index contributed by atoms with van der Waals surface area (Å²) in [5, 5.41) is 2.68. The van der Waals surface area contributed by atoms with E-state index < -0.39 is 11.6 Å². The van der Waals surface area contributed by atoms with Gasteiger partial charge in [0.2, 0.25) is 5.66 Å². The number of halogens is 1. The van der Waals surface area contributed by atoms with Gasteiger partial charge in [0.05, 0.1) is 24.1 Å². The van der Waals surface area contributed by atoms with Gasteiger partial charge in [0.25, 0.3) is 0 Å². The van der Waals surface area contributed by atoms with Crippen LogP contribution >= 0.6 is 15.9 Å². The molecule has 0 aromatic heterocycles. The molecular weight excluding hydrogens is 226 g/mol. The van der Waals surface area contributed by atoms with Crippen molar-refractivity contribution in [2.45, 2.75) is 5.66 Å². The van der Waals surface area contributed by atoms with E-state index in [1.165, 1.54) is 19.5 Å². The van der Waals surface area contributed by atoms with Crippen LogP contribution in [0, 0.1) is 0 Å². The highest BCUT2D eigenvalue weighted by atomic mass is 79.9. The number of carbonyl (C=O) groups excluding carboxylic acids is 1. The third-order valence-corrected chi connectivity index (χ3v) is 1.72. The fourth-order valence-electron chi connectivity index (χ4n) is 0.755. The molecule has 1 aliphatic rings. The highest BCUT2D eigenvalue weighted by molar-refractivity contribution is 9.11. The lowest BCUT2D eigenvalue weighted by atomic mass is 10.2. The molecular formula is C6H8BrN3O2. The van der Waals surface area contributed by atoms with Crippen LogP contribution in [0.5, 0.6) is 0 Å². The van der Waals surface area contributed by atoms with Gasteiger partial charge in [-0.3, -0.25) is 10.7 Å². The quantitative estimate of drug-likeness (QED) is 0.481. The van der Waals surface area contributed by atoms with Gasteiger partial charge in [-0.05, 0) is 15.9 Å². The van der Waals surface area contributed by atoms with Gasteiger partial charge in [-0.25, -0.2) is 4.79 Å². The molecule has 0 saturated heterocycles. The second-order valence-electron chi connectivity index (χ2n) is 2.24. The Morgan fingerprint density at radius 1 is 1.92 bits per heavy atom. The molecule has 0 aliphatic carbocycles. The highest BCUT2D eigenvalue weighted by Gasteiger charge is 2.35. The van der Waals surface area contributed by atoms with Crippen molar-refractivity contribution in [3.05, 3.63) is 10.8 Å². The first kappa shape index (κ1) is 9.21. The van der Waals surface area contributed by atoms with Crippen LogP contribution < -0.4 is 11.1 Å². The Hall–Kier alpha value is -0.880. The zero-order chi connectivity index (χ0) is 9.19. The standard InChI is InChI=1S/C6H8BrN3O2/c1-12-5(11)6(8)3-9-2-4(7)10-6/h2-3,10H,8H2,1H3. The monoisotopic (exact) mass is 233 g/mol. The number of esters is 1. The van der Waals surface area contributed by atoms with E-state index in [4.69, 9.17) is 5.73 Å². The van der Waals surface area contributed by atoms with Crippen LogP contribution in [0.2, 0.25) is 0 Å². The van der Waals surface area contributed by atoms with Crippen molar-refractivity contribution in [1.82, 2.24) is 5.32 Å². The molecule has 1 rings (SSSR count). The Bertz CT molecular complexity index is 264. The van der Waals surface area contributed by atoms with Crippen LogP contribution in [-0.2, 0) is 9.53 Å². The lowest BCUT2D eigenvalue weighted by Gasteiger charge is -2.25. The predicted molar refractivity (Wildman–Crippen MR) is 47.6 cm³/mol. The van der Waals surface area contributed by atoms with Crippen molar-refractivity contribution in [3.8, 4) is 0 Å². The molecule has 3 N–H and O–H groups in total. The van der Waals surface area contributed by atoms with E-state index in [1.54, 1.807) is 0 Å². The summed E-state index contributed by atoms with van der Waals surface area (Å²) in [5.41, 5.74) is 4.24. The van der Waals surface area contributed by atoms with Crippen molar-refractivity contribution < 1.29 is 9.53 Å². The molecule has 0 fully saturated rings. The maximum Gasteiger partial charge on any atom is 0.352 e. The molecule has 0 saturated carbocycles. The van der Waals surface area contributed by atoms with Crippen LogP contribution in [0.4, 0.5) is 0 Å². The summed E-state index contributed by atoms with van der Waals surface area (Å²) in [5.74, 6) is -0.587. The average Bonchev–Trinajstić information content (AvgIpc) is 2.02. The van der Waals surface area contributed by atoms with E-state index >= 15 is 0 Å². The topological polar surface area (TPSA) is 76.7 Å². The molecule has 0 spiro atoms. The first-order valence-corrected chi connectivity index (χ1v) is 3.93. The Morgan fingerprint density at radius 3 is 3.08 bits per heavy atom. The zero-order valence-electron chi connectivity index (χ0n) is 6.37. The number of hydrogen-bond donors (Lipinski definition) is 2.